The van der Waals surface area contributed by atoms with Gasteiger partial charge in [0.25, 0.3) is 0 Å². The van der Waals surface area contributed by atoms with Gasteiger partial charge in [-0.15, -0.1) is 11.8 Å². The maximum atomic E-state index is 14.2. The first-order valence-corrected chi connectivity index (χ1v) is 9.97. The number of nitrogens with one attached hydrogen (secondary N) is 1. The predicted molar refractivity (Wildman–Crippen MR) is 108 cm³/mol. The van der Waals surface area contributed by atoms with Crippen LogP contribution in [0.3, 0.4) is 0 Å². The maximum absolute atomic E-state index is 14.2. The van der Waals surface area contributed by atoms with Crippen LogP contribution in [0, 0.1) is 17.0 Å². The van der Waals surface area contributed by atoms with Gasteiger partial charge >= 0.3 is 0 Å². The van der Waals surface area contributed by atoms with Crippen molar-refractivity contribution in [1.29, 1.82) is 0 Å². The molecule has 0 spiro atoms. The van der Waals surface area contributed by atoms with E-state index < -0.39 is 17.0 Å². The first kappa shape index (κ1) is 20.3. The van der Waals surface area contributed by atoms with Crippen molar-refractivity contribution in [3.8, 4) is 0 Å². The maximum Gasteiger partial charge on any atom is 0.238 e. The Balaban J connectivity index is 1.78. The van der Waals surface area contributed by atoms with E-state index in [9.17, 15) is 18.4 Å². The summed E-state index contributed by atoms with van der Waals surface area (Å²) in [6.45, 7) is 5.98. The monoisotopic (exact) mass is 404 g/mol. The number of halogens is 2. The van der Waals surface area contributed by atoms with Gasteiger partial charge in [-0.05, 0) is 35.2 Å². The van der Waals surface area contributed by atoms with Gasteiger partial charge in [0, 0.05) is 18.2 Å². The molecule has 1 heterocycles. The van der Waals surface area contributed by atoms with Gasteiger partial charge in [-0.1, -0.05) is 32.9 Å². The molecule has 0 bridgehead atoms. The lowest BCUT2D eigenvalue weighted by atomic mass is 9.92. The fourth-order valence-corrected chi connectivity index (χ4v) is 4.19. The largest absolute Gasteiger partial charge is 0.326 e. The molecule has 0 aromatic heterocycles. The second kappa shape index (κ2) is 7.91. The van der Waals surface area contributed by atoms with Crippen LogP contribution in [0.1, 0.15) is 38.1 Å². The third-order valence-electron chi connectivity index (χ3n) is 4.21. The molecule has 148 valence electrons. The second-order valence-electron chi connectivity index (χ2n) is 7.93. The number of amides is 2. The molecule has 1 N–H and O–H groups in total. The molecule has 7 heteroatoms. The molecule has 4 nitrogen and oxygen atoms in total. The zero-order valence-electron chi connectivity index (χ0n) is 16.0. The van der Waals surface area contributed by atoms with Crippen molar-refractivity contribution in [2.75, 3.05) is 16.0 Å². The highest BCUT2D eigenvalue weighted by molar-refractivity contribution is 8.00. The molecule has 0 radical (unpaired) electrons. The number of rotatable bonds is 4. The lowest BCUT2D eigenvalue weighted by molar-refractivity contribution is -0.118. The summed E-state index contributed by atoms with van der Waals surface area (Å²) in [5.74, 6) is -1.55. The van der Waals surface area contributed by atoms with Gasteiger partial charge in [0.15, 0.2) is 0 Å². The summed E-state index contributed by atoms with van der Waals surface area (Å²) in [5, 5.41) is 2.44. The molecule has 1 fully saturated rings. The molecule has 2 amide bonds. The van der Waals surface area contributed by atoms with Crippen molar-refractivity contribution in [2.24, 2.45) is 5.41 Å². The fraction of sp³-hybridized carbons (Fsp3) is 0.333. The normalized spacial score (nSPS) is 17.1. The van der Waals surface area contributed by atoms with Crippen molar-refractivity contribution in [1.82, 2.24) is 0 Å². The molecule has 1 aliphatic heterocycles. The molecule has 0 aliphatic carbocycles. The molecule has 0 unspecified atom stereocenters. The Bertz CT molecular complexity index is 894. The second-order valence-corrected chi connectivity index (χ2v) is 9.00. The Labute approximate surface area is 167 Å². The van der Waals surface area contributed by atoms with Crippen LogP contribution in [0.25, 0.3) is 0 Å². The SMILES string of the molecule is CC(C)(C)CC(=O)Nc1ccc([C@@H]2SCC(=O)N2c2ccc(F)cc2F)cc1. The van der Waals surface area contributed by atoms with Gasteiger partial charge < -0.3 is 5.32 Å². The molecular formula is C21H22F2N2O2S. The molecule has 1 saturated heterocycles. The van der Waals surface area contributed by atoms with Crippen molar-refractivity contribution < 1.29 is 18.4 Å². The number of carbonyl (C=O) groups excluding carboxylic acids is 2. The molecule has 28 heavy (non-hydrogen) atoms. The van der Waals surface area contributed by atoms with E-state index >= 15 is 0 Å². The molecule has 3 rings (SSSR count). The first-order valence-electron chi connectivity index (χ1n) is 8.92. The summed E-state index contributed by atoms with van der Waals surface area (Å²) in [5.41, 5.74) is 1.41. The number of carbonyl (C=O) groups is 2. The van der Waals surface area contributed by atoms with Crippen LogP contribution >= 0.6 is 11.8 Å². The summed E-state index contributed by atoms with van der Waals surface area (Å²) in [4.78, 5) is 25.8. The van der Waals surface area contributed by atoms with Crippen LogP contribution in [-0.2, 0) is 9.59 Å². The average molecular weight is 404 g/mol. The minimum absolute atomic E-state index is 0.0592. The standard InChI is InChI=1S/C21H22F2N2O2S/c1-21(2,3)11-18(26)24-15-7-4-13(5-8-15)20-25(19(27)12-28-20)17-9-6-14(22)10-16(17)23/h4-10,20H,11-12H2,1-3H3,(H,24,26)/t20-/m0/s1. The molecule has 2 aromatic carbocycles. The lowest BCUT2D eigenvalue weighted by Gasteiger charge is -2.25. The van der Waals surface area contributed by atoms with E-state index in [0.29, 0.717) is 12.1 Å². The van der Waals surface area contributed by atoms with E-state index in [4.69, 9.17) is 0 Å². The minimum Gasteiger partial charge on any atom is -0.326 e. The number of hydrogen-bond acceptors (Lipinski definition) is 3. The fourth-order valence-electron chi connectivity index (χ4n) is 3.03. The smallest absolute Gasteiger partial charge is 0.238 e. The summed E-state index contributed by atoms with van der Waals surface area (Å²) in [6.07, 6.45) is 0.402. The van der Waals surface area contributed by atoms with Gasteiger partial charge in [-0.25, -0.2) is 8.78 Å². The van der Waals surface area contributed by atoms with Crippen LogP contribution in [0.5, 0.6) is 0 Å². The van der Waals surface area contributed by atoms with Crippen LogP contribution in [0.4, 0.5) is 20.2 Å². The molecule has 1 atom stereocenters. The van der Waals surface area contributed by atoms with Crippen LogP contribution in [0.2, 0.25) is 0 Å². The van der Waals surface area contributed by atoms with E-state index in [1.54, 1.807) is 24.3 Å². The van der Waals surface area contributed by atoms with Crippen LogP contribution < -0.4 is 10.2 Å². The zero-order valence-corrected chi connectivity index (χ0v) is 16.8. The average Bonchev–Trinajstić information content (AvgIpc) is 2.95. The number of thioether (sulfide) groups is 1. The minimum atomic E-state index is -0.771. The van der Waals surface area contributed by atoms with Gasteiger partial charge in [-0.2, -0.15) is 0 Å². The van der Waals surface area contributed by atoms with Crippen molar-refractivity contribution in [2.45, 2.75) is 32.6 Å². The molecule has 1 aliphatic rings. The van der Waals surface area contributed by atoms with E-state index in [1.165, 1.54) is 22.7 Å². The topological polar surface area (TPSA) is 49.4 Å². The van der Waals surface area contributed by atoms with Crippen molar-refractivity contribution in [3.63, 3.8) is 0 Å². The number of nitrogens with zero attached hydrogens (tertiary/aromatic N) is 1. The highest BCUT2D eigenvalue weighted by atomic mass is 32.2. The first-order chi connectivity index (χ1) is 13.1. The van der Waals surface area contributed by atoms with Crippen molar-refractivity contribution >= 4 is 35.0 Å². The van der Waals surface area contributed by atoms with E-state index in [-0.39, 0.29) is 28.7 Å². The van der Waals surface area contributed by atoms with Crippen LogP contribution in [0.15, 0.2) is 42.5 Å². The Morgan fingerprint density at radius 1 is 1.18 bits per heavy atom. The summed E-state index contributed by atoms with van der Waals surface area (Å²) in [7, 11) is 0. The Morgan fingerprint density at radius 2 is 1.86 bits per heavy atom. The third kappa shape index (κ3) is 4.70. The molecular weight excluding hydrogens is 382 g/mol. The van der Waals surface area contributed by atoms with E-state index in [0.717, 1.165) is 17.7 Å². The number of benzene rings is 2. The highest BCUT2D eigenvalue weighted by Gasteiger charge is 2.35. The van der Waals surface area contributed by atoms with Gasteiger partial charge in [0.2, 0.25) is 11.8 Å². The summed E-state index contributed by atoms with van der Waals surface area (Å²) < 4.78 is 27.4. The summed E-state index contributed by atoms with van der Waals surface area (Å²) >= 11 is 1.38. The Hall–Kier alpha value is -2.41. The summed E-state index contributed by atoms with van der Waals surface area (Å²) in [6, 6.07) is 10.3. The van der Waals surface area contributed by atoms with Gasteiger partial charge in [0.05, 0.1) is 11.4 Å². The third-order valence-corrected chi connectivity index (χ3v) is 5.42. The Morgan fingerprint density at radius 3 is 2.46 bits per heavy atom. The van der Waals surface area contributed by atoms with Crippen molar-refractivity contribution in [3.05, 3.63) is 59.7 Å². The van der Waals surface area contributed by atoms with Gasteiger partial charge in [-0.3, -0.25) is 14.5 Å². The lowest BCUT2D eigenvalue weighted by Crippen LogP contribution is -2.28. The van der Waals surface area contributed by atoms with Crippen LogP contribution in [-0.4, -0.2) is 17.6 Å². The quantitative estimate of drug-likeness (QED) is 0.770. The Kier molecular flexibility index (Phi) is 5.74. The number of anilines is 2. The molecule has 0 saturated carbocycles. The highest BCUT2D eigenvalue weighted by Crippen LogP contribution is 2.42. The van der Waals surface area contributed by atoms with Gasteiger partial charge in [0.1, 0.15) is 17.0 Å². The predicted octanol–water partition coefficient (Wildman–Crippen LogP) is 5.12. The van der Waals surface area contributed by atoms with E-state index in [1.807, 2.05) is 20.8 Å². The number of hydrogen-bond donors (Lipinski definition) is 1. The van der Waals surface area contributed by atoms with E-state index in [2.05, 4.69) is 5.32 Å². The zero-order chi connectivity index (χ0) is 20.5. The molecule has 2 aromatic rings.